The molecule has 0 heterocycles. The Hall–Kier alpha value is 0.842. The summed E-state index contributed by atoms with van der Waals surface area (Å²) in [7, 11) is 0. The molecule has 0 aliphatic rings. The standard InChI is InChI=1S/C7H12F3.CH3.U/c1-5(2)6(3,4)7(8,9)10;;/h1-4H3;1H3;/q2*-1;+2. The number of hydrogen-bond acceptors (Lipinski definition) is 0. The molecular formula is C8H15F3U. The first-order chi connectivity index (χ1) is 4.19. The van der Waals surface area contributed by atoms with Crippen molar-refractivity contribution in [1.82, 2.24) is 0 Å². The second kappa shape index (κ2) is 5.55. The Morgan fingerprint density at radius 3 is 1.25 bits per heavy atom. The van der Waals surface area contributed by atoms with Gasteiger partial charge in [-0.1, -0.05) is 19.3 Å². The average Bonchev–Trinajstić information content (AvgIpc) is 1.62. The van der Waals surface area contributed by atoms with Crippen molar-refractivity contribution < 1.29 is 44.3 Å². The molecule has 0 amide bonds. The molecule has 0 aliphatic carbocycles. The van der Waals surface area contributed by atoms with E-state index in [1.807, 2.05) is 0 Å². The molecule has 4 heteroatoms. The number of halogens is 3. The molecule has 0 aromatic rings. The van der Waals surface area contributed by atoms with Gasteiger partial charge in [0.05, 0.1) is 0 Å². The zero-order valence-electron chi connectivity index (χ0n) is 8.13. The van der Waals surface area contributed by atoms with Crippen LogP contribution in [0.1, 0.15) is 27.7 Å². The van der Waals surface area contributed by atoms with Crippen molar-refractivity contribution in [3.8, 4) is 0 Å². The second-order valence-electron chi connectivity index (χ2n) is 3.12. The van der Waals surface area contributed by atoms with Gasteiger partial charge in [0, 0.05) is 0 Å². The third-order valence-electron chi connectivity index (χ3n) is 1.96. The fourth-order valence-electron chi connectivity index (χ4n) is 0.283. The van der Waals surface area contributed by atoms with Gasteiger partial charge < -0.3 is 13.3 Å². The zero-order valence-corrected chi connectivity index (χ0v) is 12.3. The quantitative estimate of drug-likeness (QED) is 0.584. The topological polar surface area (TPSA) is 0 Å². The van der Waals surface area contributed by atoms with Gasteiger partial charge in [-0.25, -0.2) is 0 Å². The fourth-order valence-corrected chi connectivity index (χ4v) is 0.283. The van der Waals surface area contributed by atoms with Gasteiger partial charge in [-0.15, -0.1) is 0 Å². The van der Waals surface area contributed by atoms with Crippen molar-refractivity contribution in [2.24, 2.45) is 5.41 Å². The zero-order chi connectivity index (χ0) is 8.58. The summed E-state index contributed by atoms with van der Waals surface area (Å²) in [6, 6.07) is 0. The van der Waals surface area contributed by atoms with E-state index < -0.39 is 11.6 Å². The van der Waals surface area contributed by atoms with Crippen molar-refractivity contribution in [2.75, 3.05) is 0 Å². The van der Waals surface area contributed by atoms with Gasteiger partial charge >= 0.3 is 37.3 Å². The van der Waals surface area contributed by atoms with Crippen LogP contribution in [0.2, 0.25) is 0 Å². The van der Waals surface area contributed by atoms with Crippen LogP contribution >= 0.6 is 0 Å². The second-order valence-corrected chi connectivity index (χ2v) is 3.12. The van der Waals surface area contributed by atoms with Crippen LogP contribution in [0.4, 0.5) is 13.2 Å². The molecule has 0 bridgehead atoms. The SMILES string of the molecule is C[C-](C)C(C)(C)C(F)(F)F.[CH3-].[U+2]. The first-order valence-corrected chi connectivity index (χ1v) is 3.07. The third-order valence-corrected chi connectivity index (χ3v) is 1.96. The molecule has 12 heavy (non-hydrogen) atoms. The van der Waals surface area contributed by atoms with Gasteiger partial charge in [-0.2, -0.15) is 27.0 Å². The predicted molar refractivity (Wildman–Crippen MR) is 40.8 cm³/mol. The van der Waals surface area contributed by atoms with Crippen LogP contribution in [0.5, 0.6) is 0 Å². The van der Waals surface area contributed by atoms with Gasteiger partial charge in [0.1, 0.15) is 0 Å². The minimum atomic E-state index is -4.12. The van der Waals surface area contributed by atoms with Crippen molar-refractivity contribution in [3.63, 3.8) is 0 Å². The van der Waals surface area contributed by atoms with Crippen molar-refractivity contribution in [1.29, 1.82) is 0 Å². The van der Waals surface area contributed by atoms with E-state index in [4.69, 9.17) is 0 Å². The van der Waals surface area contributed by atoms with Crippen LogP contribution in [-0.4, -0.2) is 6.18 Å². The molecule has 0 spiro atoms. The summed E-state index contributed by atoms with van der Waals surface area (Å²) in [5, 5.41) is 0. The molecule has 0 saturated heterocycles. The van der Waals surface area contributed by atoms with Crippen LogP contribution in [0.25, 0.3) is 0 Å². The van der Waals surface area contributed by atoms with E-state index in [0.29, 0.717) is 5.92 Å². The van der Waals surface area contributed by atoms with E-state index in [-0.39, 0.29) is 38.5 Å². The summed E-state index contributed by atoms with van der Waals surface area (Å²) in [6.45, 7) is 5.35. The summed E-state index contributed by atoms with van der Waals surface area (Å²) in [5.41, 5.74) is -1.65. The van der Waals surface area contributed by atoms with Crippen LogP contribution in [-0.2, 0) is 0 Å². The molecule has 0 unspecified atom stereocenters. The molecule has 0 saturated carbocycles. The first kappa shape index (κ1) is 18.6. The van der Waals surface area contributed by atoms with Crippen molar-refractivity contribution in [2.45, 2.75) is 33.9 Å². The molecule has 0 N–H and O–H groups in total. The van der Waals surface area contributed by atoms with E-state index in [0.717, 1.165) is 0 Å². The van der Waals surface area contributed by atoms with Crippen LogP contribution in [0.3, 0.4) is 0 Å². The molecule has 0 aromatic heterocycles. The molecular weight excluding hydrogens is 391 g/mol. The van der Waals surface area contributed by atoms with Gasteiger partial charge in [0.15, 0.2) is 0 Å². The summed E-state index contributed by atoms with van der Waals surface area (Å²) < 4.78 is 36.2. The minimum Gasteiger partial charge on any atom is -0.358 e. The van der Waals surface area contributed by atoms with Gasteiger partial charge in [-0.3, -0.25) is 0 Å². The van der Waals surface area contributed by atoms with Crippen LogP contribution in [0.15, 0.2) is 0 Å². The van der Waals surface area contributed by atoms with Crippen molar-refractivity contribution in [3.05, 3.63) is 13.3 Å². The molecule has 0 radical (unpaired) electrons. The van der Waals surface area contributed by atoms with Gasteiger partial charge in [0.25, 0.3) is 0 Å². The molecule has 0 fully saturated rings. The van der Waals surface area contributed by atoms with E-state index >= 15 is 0 Å². The predicted octanol–water partition coefficient (Wildman–Crippen LogP) is 3.64. The first-order valence-electron chi connectivity index (χ1n) is 3.07. The Balaban J connectivity index is -0.000000405. The third kappa shape index (κ3) is 4.18. The Bertz CT molecular complexity index is 116. The van der Waals surface area contributed by atoms with Gasteiger partial charge in [0.2, 0.25) is 0 Å². The summed E-state index contributed by atoms with van der Waals surface area (Å²) in [5.74, 6) is 0.389. The smallest absolute Gasteiger partial charge is 0.358 e. The monoisotopic (exact) mass is 406 g/mol. The van der Waals surface area contributed by atoms with E-state index in [2.05, 4.69) is 0 Å². The molecule has 0 nitrogen and oxygen atoms in total. The van der Waals surface area contributed by atoms with E-state index in [1.54, 1.807) is 0 Å². The Labute approximate surface area is 96.7 Å². The average molecular weight is 406 g/mol. The maximum Gasteiger partial charge on any atom is 2.00 e. The van der Waals surface area contributed by atoms with E-state index in [1.165, 1.54) is 27.7 Å². The number of rotatable bonds is 1. The fraction of sp³-hybridized carbons (Fsp3) is 0.750. The maximum absolute atomic E-state index is 12.1. The number of alkyl halides is 3. The summed E-state index contributed by atoms with van der Waals surface area (Å²) >= 11 is 0. The molecule has 0 rings (SSSR count). The Morgan fingerprint density at radius 1 is 1.00 bits per heavy atom. The Morgan fingerprint density at radius 2 is 1.25 bits per heavy atom. The normalized spacial score (nSPS) is 12.0. The Kier molecular flexibility index (Phi) is 8.59. The number of hydrogen-bond donors (Lipinski definition) is 0. The van der Waals surface area contributed by atoms with Gasteiger partial charge in [-0.05, 0) is 0 Å². The molecule has 0 atom stereocenters. The van der Waals surface area contributed by atoms with Crippen LogP contribution < -0.4 is 0 Å². The van der Waals surface area contributed by atoms with Crippen molar-refractivity contribution >= 4 is 0 Å². The van der Waals surface area contributed by atoms with Crippen LogP contribution in [0, 0.1) is 49.9 Å². The molecule has 0 aliphatic heterocycles. The minimum absolute atomic E-state index is 0. The van der Waals surface area contributed by atoms with E-state index in [9.17, 15) is 13.2 Å². The summed E-state index contributed by atoms with van der Waals surface area (Å²) in [4.78, 5) is 0. The molecule has 72 valence electrons. The summed E-state index contributed by atoms with van der Waals surface area (Å²) in [6.07, 6.45) is -4.12. The largest absolute Gasteiger partial charge is 2.00 e. The molecule has 0 aromatic carbocycles. The maximum atomic E-state index is 12.1.